The molecule has 7 nitrogen and oxygen atoms in total. The van der Waals surface area contributed by atoms with Gasteiger partial charge in [-0.05, 0) is 43.5 Å². The lowest BCUT2D eigenvalue weighted by Gasteiger charge is -2.21. The summed E-state index contributed by atoms with van der Waals surface area (Å²) < 4.78 is 25.3. The number of rotatable bonds is 6. The number of carboxylic acids is 1. The fourth-order valence-corrected chi connectivity index (χ4v) is 4.30. The summed E-state index contributed by atoms with van der Waals surface area (Å²) in [6.45, 7) is 2.58. The molecule has 0 aromatic heterocycles. The summed E-state index contributed by atoms with van der Waals surface area (Å²) >= 11 is 0. The van der Waals surface area contributed by atoms with E-state index in [2.05, 4.69) is 0 Å². The number of sulfonamides is 1. The molecular formula is C16H22N2O5S. The number of aliphatic carboxylic acids is 1. The van der Waals surface area contributed by atoms with E-state index in [9.17, 15) is 18.0 Å². The van der Waals surface area contributed by atoms with Gasteiger partial charge in [-0.1, -0.05) is 0 Å². The summed E-state index contributed by atoms with van der Waals surface area (Å²) in [7, 11) is -1.62. The molecule has 0 saturated carbocycles. The van der Waals surface area contributed by atoms with E-state index in [1.807, 2.05) is 0 Å². The predicted molar refractivity (Wildman–Crippen MR) is 90.8 cm³/mol. The van der Waals surface area contributed by atoms with E-state index in [-0.39, 0.29) is 18.1 Å². The molecule has 2 rings (SSSR count). The number of carboxylic acid groups (broad SMARTS) is 1. The van der Waals surface area contributed by atoms with Gasteiger partial charge in [-0.25, -0.2) is 8.42 Å². The Labute approximate surface area is 141 Å². The van der Waals surface area contributed by atoms with E-state index in [0.717, 1.165) is 0 Å². The molecule has 1 aromatic carbocycles. The van der Waals surface area contributed by atoms with Crippen molar-refractivity contribution in [1.29, 1.82) is 0 Å². The highest BCUT2D eigenvalue weighted by molar-refractivity contribution is 7.93. The van der Waals surface area contributed by atoms with Gasteiger partial charge in [0, 0.05) is 32.1 Å². The maximum atomic E-state index is 12.4. The Kier molecular flexibility index (Phi) is 5.48. The largest absolute Gasteiger partial charge is 0.481 e. The Morgan fingerprint density at radius 1 is 1.33 bits per heavy atom. The van der Waals surface area contributed by atoms with Crippen molar-refractivity contribution in [1.82, 2.24) is 4.90 Å². The van der Waals surface area contributed by atoms with E-state index in [1.165, 1.54) is 9.21 Å². The third-order valence-corrected chi connectivity index (χ3v) is 5.93. The van der Waals surface area contributed by atoms with Gasteiger partial charge in [0.1, 0.15) is 0 Å². The van der Waals surface area contributed by atoms with Crippen LogP contribution in [0.3, 0.4) is 0 Å². The van der Waals surface area contributed by atoms with Gasteiger partial charge in [0.2, 0.25) is 10.0 Å². The van der Waals surface area contributed by atoms with E-state index < -0.39 is 16.0 Å². The number of carbonyl (C=O) groups is 2. The number of hydrogen-bond acceptors (Lipinski definition) is 4. The Morgan fingerprint density at radius 3 is 2.58 bits per heavy atom. The van der Waals surface area contributed by atoms with Crippen LogP contribution in [0.1, 0.15) is 35.2 Å². The van der Waals surface area contributed by atoms with Gasteiger partial charge >= 0.3 is 5.97 Å². The van der Waals surface area contributed by atoms with E-state index in [0.29, 0.717) is 42.7 Å². The van der Waals surface area contributed by atoms with Crippen LogP contribution in [0.5, 0.6) is 0 Å². The number of aryl methyl sites for hydroxylation is 1. The lowest BCUT2D eigenvalue weighted by atomic mass is 10.1. The van der Waals surface area contributed by atoms with Crippen molar-refractivity contribution in [2.45, 2.75) is 26.2 Å². The second kappa shape index (κ2) is 7.21. The lowest BCUT2D eigenvalue weighted by Crippen LogP contribution is -2.29. The van der Waals surface area contributed by atoms with Crippen molar-refractivity contribution in [2.24, 2.45) is 0 Å². The van der Waals surface area contributed by atoms with Crippen LogP contribution in [0.25, 0.3) is 0 Å². The highest BCUT2D eigenvalue weighted by Gasteiger charge is 2.29. The maximum absolute atomic E-state index is 12.4. The standard InChI is InChI=1S/C16H22N2O5S/c1-12-11-13(18-9-4-10-24(18,22)23)6-7-14(12)16(21)17(2)8-3-5-15(19)20/h6-7,11H,3-5,8-10H2,1-2H3,(H,19,20). The molecule has 0 atom stereocenters. The van der Waals surface area contributed by atoms with Gasteiger partial charge in [-0.15, -0.1) is 0 Å². The minimum atomic E-state index is -3.24. The zero-order valence-electron chi connectivity index (χ0n) is 13.9. The fraction of sp³-hybridized carbons (Fsp3) is 0.500. The minimum Gasteiger partial charge on any atom is -0.481 e. The topological polar surface area (TPSA) is 95.0 Å². The van der Waals surface area contributed by atoms with Gasteiger partial charge in [0.15, 0.2) is 0 Å². The third kappa shape index (κ3) is 4.05. The van der Waals surface area contributed by atoms with E-state index in [4.69, 9.17) is 5.11 Å². The second-order valence-corrected chi connectivity index (χ2v) is 7.98. The first-order chi connectivity index (χ1) is 11.2. The average Bonchev–Trinajstić information content (AvgIpc) is 2.85. The quantitative estimate of drug-likeness (QED) is 0.835. The molecule has 0 bridgehead atoms. The summed E-state index contributed by atoms with van der Waals surface area (Å²) in [6, 6.07) is 4.99. The van der Waals surface area contributed by atoms with Crippen LogP contribution in [-0.4, -0.2) is 56.2 Å². The molecule has 1 saturated heterocycles. The maximum Gasteiger partial charge on any atom is 0.303 e. The summed E-state index contributed by atoms with van der Waals surface area (Å²) in [5.74, 6) is -0.934. The zero-order valence-corrected chi connectivity index (χ0v) is 14.7. The molecule has 8 heteroatoms. The highest BCUT2D eigenvalue weighted by Crippen LogP contribution is 2.26. The first-order valence-corrected chi connectivity index (χ1v) is 9.41. The van der Waals surface area contributed by atoms with Gasteiger partial charge in [0.05, 0.1) is 11.4 Å². The van der Waals surface area contributed by atoms with Crippen LogP contribution in [0.4, 0.5) is 5.69 Å². The van der Waals surface area contributed by atoms with Crippen LogP contribution >= 0.6 is 0 Å². The minimum absolute atomic E-state index is 0.0162. The monoisotopic (exact) mass is 354 g/mol. The van der Waals surface area contributed by atoms with Crippen molar-refractivity contribution in [2.75, 3.05) is 30.2 Å². The normalized spacial score (nSPS) is 16.2. The molecular weight excluding hydrogens is 332 g/mol. The average molecular weight is 354 g/mol. The van der Waals surface area contributed by atoms with Crippen molar-refractivity contribution >= 4 is 27.6 Å². The Morgan fingerprint density at radius 2 is 2.04 bits per heavy atom. The van der Waals surface area contributed by atoms with Crippen molar-refractivity contribution in [3.8, 4) is 0 Å². The summed E-state index contributed by atoms with van der Waals surface area (Å²) in [5.41, 5.74) is 1.77. The van der Waals surface area contributed by atoms with Gasteiger partial charge in [-0.2, -0.15) is 0 Å². The molecule has 1 N–H and O–H groups in total. The molecule has 1 aliphatic heterocycles. The molecule has 1 aliphatic rings. The molecule has 1 aromatic rings. The van der Waals surface area contributed by atoms with Crippen molar-refractivity contribution in [3.05, 3.63) is 29.3 Å². The van der Waals surface area contributed by atoms with E-state index in [1.54, 1.807) is 32.2 Å². The van der Waals surface area contributed by atoms with Gasteiger partial charge < -0.3 is 10.0 Å². The van der Waals surface area contributed by atoms with Crippen molar-refractivity contribution in [3.63, 3.8) is 0 Å². The zero-order chi connectivity index (χ0) is 17.9. The number of amides is 1. The first-order valence-electron chi connectivity index (χ1n) is 7.80. The van der Waals surface area contributed by atoms with Crippen LogP contribution in [0, 0.1) is 6.92 Å². The van der Waals surface area contributed by atoms with Gasteiger partial charge in [0.25, 0.3) is 5.91 Å². The molecule has 0 aliphatic carbocycles. The van der Waals surface area contributed by atoms with Crippen LogP contribution in [0.15, 0.2) is 18.2 Å². The molecule has 1 fully saturated rings. The van der Waals surface area contributed by atoms with Crippen molar-refractivity contribution < 1.29 is 23.1 Å². The Hall–Kier alpha value is -2.09. The van der Waals surface area contributed by atoms with Crippen LogP contribution in [0.2, 0.25) is 0 Å². The molecule has 0 unspecified atom stereocenters. The number of nitrogens with zero attached hydrogens (tertiary/aromatic N) is 2. The Bertz CT molecular complexity index is 745. The van der Waals surface area contributed by atoms with E-state index >= 15 is 0 Å². The molecule has 0 spiro atoms. The molecule has 0 radical (unpaired) electrons. The summed E-state index contributed by atoms with van der Waals surface area (Å²) in [5, 5.41) is 8.65. The van der Waals surface area contributed by atoms with Crippen LogP contribution in [-0.2, 0) is 14.8 Å². The number of carbonyl (C=O) groups excluding carboxylic acids is 1. The highest BCUT2D eigenvalue weighted by atomic mass is 32.2. The molecule has 132 valence electrons. The van der Waals surface area contributed by atoms with Crippen LogP contribution < -0.4 is 4.31 Å². The summed E-state index contributed by atoms with van der Waals surface area (Å²) in [6.07, 6.45) is 1.01. The number of benzene rings is 1. The fourth-order valence-electron chi connectivity index (χ4n) is 2.75. The molecule has 1 amide bonds. The number of hydrogen-bond donors (Lipinski definition) is 1. The SMILES string of the molecule is Cc1cc(N2CCCS2(=O)=O)ccc1C(=O)N(C)CCCC(=O)O. The lowest BCUT2D eigenvalue weighted by molar-refractivity contribution is -0.137. The summed E-state index contributed by atoms with van der Waals surface area (Å²) in [4.78, 5) is 24.5. The Balaban J connectivity index is 2.12. The first kappa shape index (κ1) is 18.3. The second-order valence-electron chi connectivity index (χ2n) is 5.96. The number of anilines is 1. The molecule has 1 heterocycles. The molecule has 24 heavy (non-hydrogen) atoms. The smallest absolute Gasteiger partial charge is 0.303 e. The third-order valence-electron chi connectivity index (χ3n) is 4.06. The predicted octanol–water partition coefficient (Wildman–Crippen LogP) is 1.47. The van der Waals surface area contributed by atoms with Gasteiger partial charge in [-0.3, -0.25) is 13.9 Å².